The lowest BCUT2D eigenvalue weighted by Crippen LogP contribution is -2.32. The number of hydrogen-bond acceptors (Lipinski definition) is 6. The second kappa shape index (κ2) is 18.2. The summed E-state index contributed by atoms with van der Waals surface area (Å²) in [6, 6.07) is 16.7. The van der Waals surface area contributed by atoms with Gasteiger partial charge in [0.25, 0.3) is 0 Å². The van der Waals surface area contributed by atoms with Gasteiger partial charge in [0.15, 0.2) is 23.3 Å². The third-order valence-electron chi connectivity index (χ3n) is 14.2. The number of anilines is 2. The molecular formula is C50H46BrF8N9O2. The van der Waals surface area contributed by atoms with Crippen molar-refractivity contribution in [3.63, 3.8) is 0 Å². The Kier molecular flexibility index (Phi) is 12.4. The Morgan fingerprint density at radius 2 is 1.04 bits per heavy atom. The zero-order valence-corrected chi connectivity index (χ0v) is 39.6. The van der Waals surface area contributed by atoms with Gasteiger partial charge in [-0.25, -0.2) is 49.8 Å². The van der Waals surface area contributed by atoms with E-state index in [0.717, 1.165) is 56.7 Å². The van der Waals surface area contributed by atoms with Crippen molar-refractivity contribution in [3.8, 4) is 11.3 Å². The van der Waals surface area contributed by atoms with Gasteiger partial charge < -0.3 is 18.9 Å². The SMILES string of the molecule is Cc1nnn(C)c1-c1ccc2c(c1)nc([C@@H]1CCC(=O)N1c1ccc(F)c(F)c1)n2C1CCC(F)(F)CC1.O=C1CC[C@@H](c2nc3cc(Br)ccc3n2C2CCC(F)(F)CC2)N1c1ccc(F)c(F)c1. The topological polar surface area (TPSA) is 107 Å². The zero-order chi connectivity index (χ0) is 49.4. The predicted molar refractivity (Wildman–Crippen MR) is 248 cm³/mol. The monoisotopic (exact) mass is 1040 g/mol. The summed E-state index contributed by atoms with van der Waals surface area (Å²) in [5.74, 6) is -8.74. The van der Waals surface area contributed by atoms with Crippen molar-refractivity contribution in [2.75, 3.05) is 9.80 Å². The van der Waals surface area contributed by atoms with Crippen LogP contribution in [0.3, 0.4) is 0 Å². The molecule has 4 aromatic carbocycles. The number of aryl methyl sites for hydroxylation is 2. The van der Waals surface area contributed by atoms with E-state index in [1.807, 2.05) is 52.5 Å². The minimum Gasteiger partial charge on any atom is -0.323 e. The molecule has 2 amide bonds. The number of amides is 2. The van der Waals surface area contributed by atoms with Crippen LogP contribution in [-0.4, -0.2) is 57.8 Å². The summed E-state index contributed by atoms with van der Waals surface area (Å²) in [6.07, 6.45) is 1.57. The number of hydrogen-bond donors (Lipinski definition) is 0. The molecule has 0 spiro atoms. The molecule has 7 aromatic rings. The number of carbonyl (C=O) groups is 2. The van der Waals surface area contributed by atoms with E-state index in [1.165, 1.54) is 21.9 Å². The van der Waals surface area contributed by atoms with E-state index in [0.29, 0.717) is 48.4 Å². The van der Waals surface area contributed by atoms with Crippen LogP contribution in [0.1, 0.15) is 119 Å². The predicted octanol–water partition coefficient (Wildman–Crippen LogP) is 12.7. The maximum Gasteiger partial charge on any atom is 0.248 e. The highest BCUT2D eigenvalue weighted by Crippen LogP contribution is 2.47. The van der Waals surface area contributed by atoms with Crippen molar-refractivity contribution >= 4 is 61.2 Å². The number of carbonyl (C=O) groups excluding carboxylic acids is 2. The third kappa shape index (κ3) is 8.84. The zero-order valence-electron chi connectivity index (χ0n) is 38.0. The molecule has 5 heterocycles. The van der Waals surface area contributed by atoms with Crippen LogP contribution in [-0.2, 0) is 16.6 Å². The molecule has 2 saturated carbocycles. The average Bonchev–Trinajstić information content (AvgIpc) is 4.15. The van der Waals surface area contributed by atoms with Crippen molar-refractivity contribution in [2.24, 2.45) is 7.05 Å². The van der Waals surface area contributed by atoms with Gasteiger partial charge in [0, 0.05) is 91.2 Å². The van der Waals surface area contributed by atoms with Crippen LogP contribution < -0.4 is 9.80 Å². The molecule has 4 aliphatic rings. The van der Waals surface area contributed by atoms with Crippen molar-refractivity contribution in [2.45, 2.75) is 120 Å². The van der Waals surface area contributed by atoms with E-state index >= 15 is 0 Å². The first-order valence-corrected chi connectivity index (χ1v) is 24.0. The smallest absolute Gasteiger partial charge is 0.248 e. The van der Waals surface area contributed by atoms with Gasteiger partial charge in [0.1, 0.15) is 11.6 Å². The second-order valence-corrected chi connectivity index (χ2v) is 19.6. The first-order chi connectivity index (χ1) is 33.4. The fourth-order valence-electron chi connectivity index (χ4n) is 10.8. The van der Waals surface area contributed by atoms with Crippen LogP contribution in [0.2, 0.25) is 0 Å². The molecule has 0 radical (unpaired) electrons. The lowest BCUT2D eigenvalue weighted by Gasteiger charge is -2.32. The van der Waals surface area contributed by atoms with Crippen molar-refractivity contribution < 1.29 is 44.7 Å². The van der Waals surface area contributed by atoms with E-state index in [4.69, 9.17) is 9.97 Å². The Balaban J connectivity index is 0.000000165. The van der Waals surface area contributed by atoms with Crippen LogP contribution in [0.5, 0.6) is 0 Å². The van der Waals surface area contributed by atoms with Crippen molar-refractivity contribution in [1.29, 1.82) is 0 Å². The minimum absolute atomic E-state index is 0.182. The standard InChI is InChI=1S/C27H26F4N6O.C23H20BrF4N3O/c1-15-25(35(2)34-33-15)16-3-6-22-21(13-16)32-26(37(22)17-9-11-27(30,31)12-10-17)23-7-8-24(38)36(23)18-4-5-19(28)20(29)14-18;24-13-1-4-19-18(11-13)29-22(31(19)14-7-9-23(27,28)10-8-14)20-5-6-21(32)30(20)15-2-3-16(25)17(26)12-15/h3-6,13-14,17,23H,7-12H2,1-2H3;1-4,11-12,14,20H,5-10H2/t23-;20-/m00/s1. The molecule has 0 unspecified atom stereocenters. The fraction of sp³-hybridized carbons (Fsp3) is 0.400. The van der Waals surface area contributed by atoms with Gasteiger partial charge in [-0.3, -0.25) is 9.59 Å². The molecule has 2 aliphatic heterocycles. The number of halogens is 9. The molecular weight excluding hydrogens is 990 g/mol. The first kappa shape index (κ1) is 47.5. The summed E-state index contributed by atoms with van der Waals surface area (Å²) in [6.45, 7) is 1.86. The Morgan fingerprint density at radius 3 is 1.49 bits per heavy atom. The average molecular weight is 1040 g/mol. The molecule has 70 heavy (non-hydrogen) atoms. The quantitative estimate of drug-likeness (QED) is 0.147. The Labute approximate surface area is 404 Å². The van der Waals surface area contributed by atoms with Gasteiger partial charge >= 0.3 is 0 Å². The van der Waals surface area contributed by atoms with E-state index in [1.54, 1.807) is 11.7 Å². The molecule has 2 atom stereocenters. The number of nitrogens with zero attached hydrogens (tertiary/aromatic N) is 9. The first-order valence-electron chi connectivity index (χ1n) is 23.2. The molecule has 0 N–H and O–H groups in total. The summed E-state index contributed by atoms with van der Waals surface area (Å²) >= 11 is 3.44. The maximum atomic E-state index is 14.1. The number of aromatic nitrogens is 7. The lowest BCUT2D eigenvalue weighted by molar-refractivity contribution is -0.118. The Bertz CT molecular complexity index is 3150. The minimum atomic E-state index is -2.70. The normalized spacial score (nSPS) is 20.8. The van der Waals surface area contributed by atoms with Crippen LogP contribution in [0.15, 0.2) is 77.3 Å². The molecule has 2 saturated heterocycles. The summed E-state index contributed by atoms with van der Waals surface area (Å²) in [5, 5.41) is 8.20. The van der Waals surface area contributed by atoms with E-state index < -0.39 is 47.2 Å². The van der Waals surface area contributed by atoms with E-state index in [2.05, 4.69) is 26.2 Å². The molecule has 4 fully saturated rings. The number of alkyl halides is 4. The van der Waals surface area contributed by atoms with Gasteiger partial charge in [-0.15, -0.1) is 5.10 Å². The molecule has 2 aliphatic carbocycles. The number of imidazole rings is 2. The summed E-state index contributed by atoms with van der Waals surface area (Å²) in [5.41, 5.74) is 5.87. The van der Waals surface area contributed by atoms with Gasteiger partial charge in [-0.2, -0.15) is 0 Å². The Hall–Kier alpha value is -6.18. The molecule has 366 valence electrons. The molecule has 0 bridgehead atoms. The maximum absolute atomic E-state index is 14.1. The molecule has 11 nitrogen and oxygen atoms in total. The Morgan fingerprint density at radius 1 is 0.586 bits per heavy atom. The molecule has 11 rings (SSSR count). The van der Waals surface area contributed by atoms with Crippen LogP contribution in [0.25, 0.3) is 33.3 Å². The van der Waals surface area contributed by atoms with Crippen LogP contribution >= 0.6 is 15.9 Å². The highest BCUT2D eigenvalue weighted by Gasteiger charge is 2.43. The molecule has 20 heteroatoms. The van der Waals surface area contributed by atoms with Crippen LogP contribution in [0, 0.1) is 30.2 Å². The van der Waals surface area contributed by atoms with Crippen molar-refractivity contribution in [1.82, 2.24) is 34.1 Å². The van der Waals surface area contributed by atoms with Gasteiger partial charge in [-0.1, -0.05) is 27.2 Å². The van der Waals surface area contributed by atoms with Crippen molar-refractivity contribution in [3.05, 3.63) is 118 Å². The van der Waals surface area contributed by atoms with Gasteiger partial charge in [0.2, 0.25) is 23.7 Å². The second-order valence-electron chi connectivity index (χ2n) is 18.7. The summed E-state index contributed by atoms with van der Waals surface area (Å²) in [4.78, 5) is 38.4. The number of rotatable bonds is 7. The lowest BCUT2D eigenvalue weighted by atomic mass is 9.91. The fourth-order valence-corrected chi connectivity index (χ4v) is 11.1. The van der Waals surface area contributed by atoms with E-state index in [-0.39, 0.29) is 86.6 Å². The number of fused-ring (bicyclic) bond motifs is 2. The summed E-state index contributed by atoms with van der Waals surface area (Å²) < 4.78 is 117. The van der Waals surface area contributed by atoms with Gasteiger partial charge in [0.05, 0.1) is 45.5 Å². The van der Waals surface area contributed by atoms with Crippen LogP contribution in [0.4, 0.5) is 46.5 Å². The highest BCUT2D eigenvalue weighted by molar-refractivity contribution is 9.10. The molecule has 3 aromatic heterocycles. The third-order valence-corrected chi connectivity index (χ3v) is 14.6. The summed E-state index contributed by atoms with van der Waals surface area (Å²) in [7, 11) is 1.80. The largest absolute Gasteiger partial charge is 0.323 e. The van der Waals surface area contributed by atoms with Gasteiger partial charge in [-0.05, 0) is 100 Å². The van der Waals surface area contributed by atoms with E-state index in [9.17, 15) is 44.7 Å². The highest BCUT2D eigenvalue weighted by atomic mass is 79.9. The number of benzene rings is 4.